The molecule has 1 aromatic heterocycles. The van der Waals surface area contributed by atoms with Crippen molar-refractivity contribution in [3.05, 3.63) is 12.4 Å². The highest BCUT2D eigenvalue weighted by atomic mass is 16.5. The molecule has 8 nitrogen and oxygen atoms in total. The SMILES string of the molecule is COCCn1cc(NC(=O)NC[C@@H](C)N2CCOCC2)cn1. The molecule has 2 N–H and O–H groups in total. The van der Waals surface area contributed by atoms with Gasteiger partial charge >= 0.3 is 6.03 Å². The Bertz CT molecular complexity index is 459. The molecule has 124 valence electrons. The van der Waals surface area contributed by atoms with Crippen molar-refractivity contribution >= 4 is 11.7 Å². The van der Waals surface area contributed by atoms with Crippen LogP contribution in [0.25, 0.3) is 0 Å². The first-order chi connectivity index (χ1) is 10.7. The van der Waals surface area contributed by atoms with Gasteiger partial charge in [0.05, 0.1) is 38.2 Å². The van der Waals surface area contributed by atoms with Crippen LogP contribution in [0, 0.1) is 0 Å². The number of aromatic nitrogens is 2. The lowest BCUT2D eigenvalue weighted by atomic mass is 10.2. The predicted octanol–water partition coefficient (Wildman–Crippen LogP) is 0.372. The van der Waals surface area contributed by atoms with Crippen LogP contribution in [0.1, 0.15) is 6.92 Å². The van der Waals surface area contributed by atoms with E-state index in [-0.39, 0.29) is 6.03 Å². The average Bonchev–Trinajstić information content (AvgIpc) is 2.98. The van der Waals surface area contributed by atoms with Crippen LogP contribution in [0.2, 0.25) is 0 Å². The van der Waals surface area contributed by atoms with Gasteiger partial charge in [0, 0.05) is 39.0 Å². The molecule has 0 spiro atoms. The van der Waals surface area contributed by atoms with E-state index in [4.69, 9.17) is 9.47 Å². The number of rotatable bonds is 7. The van der Waals surface area contributed by atoms with Crippen LogP contribution < -0.4 is 10.6 Å². The molecule has 1 atom stereocenters. The second-order valence-electron chi connectivity index (χ2n) is 5.32. The number of nitrogens with zero attached hydrogens (tertiary/aromatic N) is 3. The van der Waals surface area contributed by atoms with Crippen molar-refractivity contribution in [1.29, 1.82) is 0 Å². The zero-order valence-corrected chi connectivity index (χ0v) is 13.2. The summed E-state index contributed by atoms with van der Waals surface area (Å²) < 4.78 is 12.0. The van der Waals surface area contributed by atoms with Gasteiger partial charge < -0.3 is 20.1 Å². The molecule has 2 amide bonds. The van der Waals surface area contributed by atoms with Crippen molar-refractivity contribution in [2.45, 2.75) is 19.5 Å². The molecule has 1 aliphatic rings. The Kier molecular flexibility index (Phi) is 6.63. The molecule has 0 bridgehead atoms. The van der Waals surface area contributed by atoms with Crippen LogP contribution in [-0.2, 0) is 16.0 Å². The summed E-state index contributed by atoms with van der Waals surface area (Å²) in [6.07, 6.45) is 3.41. The van der Waals surface area contributed by atoms with Crippen molar-refractivity contribution in [3.63, 3.8) is 0 Å². The number of ether oxygens (including phenoxy) is 2. The van der Waals surface area contributed by atoms with Crippen LogP contribution in [0.5, 0.6) is 0 Å². The van der Waals surface area contributed by atoms with Gasteiger partial charge in [0.25, 0.3) is 0 Å². The molecule has 1 aliphatic heterocycles. The first-order valence-electron chi connectivity index (χ1n) is 7.57. The number of amides is 2. The number of methoxy groups -OCH3 is 1. The van der Waals surface area contributed by atoms with E-state index in [9.17, 15) is 4.79 Å². The molecule has 0 radical (unpaired) electrons. The first-order valence-corrected chi connectivity index (χ1v) is 7.57. The monoisotopic (exact) mass is 311 g/mol. The standard InChI is InChI=1S/C14H25N5O3/c1-12(18-3-7-22-8-4-18)9-15-14(20)17-13-10-16-19(11-13)5-6-21-2/h10-12H,3-9H2,1-2H3,(H2,15,17,20)/t12-/m1/s1. The Hall–Kier alpha value is -1.64. The molecule has 2 rings (SSSR count). The number of hydrogen-bond donors (Lipinski definition) is 2. The van der Waals surface area contributed by atoms with Gasteiger partial charge in [-0.15, -0.1) is 0 Å². The summed E-state index contributed by atoms with van der Waals surface area (Å²) in [7, 11) is 1.64. The maximum atomic E-state index is 11.9. The van der Waals surface area contributed by atoms with E-state index in [1.165, 1.54) is 0 Å². The van der Waals surface area contributed by atoms with Crippen molar-refractivity contribution < 1.29 is 14.3 Å². The van der Waals surface area contributed by atoms with Crippen LogP contribution >= 0.6 is 0 Å². The van der Waals surface area contributed by atoms with Crippen molar-refractivity contribution in [3.8, 4) is 0 Å². The minimum absolute atomic E-state index is 0.216. The lowest BCUT2D eigenvalue weighted by Gasteiger charge is -2.32. The Morgan fingerprint density at radius 1 is 1.50 bits per heavy atom. The summed E-state index contributed by atoms with van der Waals surface area (Å²) in [5, 5.41) is 9.81. The number of nitrogens with one attached hydrogen (secondary N) is 2. The molecule has 2 heterocycles. The molecule has 0 unspecified atom stereocenters. The van der Waals surface area contributed by atoms with E-state index in [1.807, 2.05) is 0 Å². The third-order valence-corrected chi connectivity index (χ3v) is 3.64. The molecule has 0 aromatic carbocycles. The summed E-state index contributed by atoms with van der Waals surface area (Å²) >= 11 is 0. The summed E-state index contributed by atoms with van der Waals surface area (Å²) in [5.74, 6) is 0. The lowest BCUT2D eigenvalue weighted by Crippen LogP contribution is -2.47. The van der Waals surface area contributed by atoms with Gasteiger partial charge in [-0.25, -0.2) is 4.79 Å². The maximum absolute atomic E-state index is 11.9. The third kappa shape index (κ3) is 5.28. The first kappa shape index (κ1) is 16.7. The van der Waals surface area contributed by atoms with Crippen molar-refractivity contribution in [2.75, 3.05) is 51.9 Å². The Morgan fingerprint density at radius 3 is 3.00 bits per heavy atom. The minimum Gasteiger partial charge on any atom is -0.383 e. The van der Waals surface area contributed by atoms with Crippen molar-refractivity contribution in [1.82, 2.24) is 20.0 Å². The highest BCUT2D eigenvalue weighted by molar-refractivity contribution is 5.88. The summed E-state index contributed by atoms with van der Waals surface area (Å²) in [6, 6.07) is 0.0745. The fourth-order valence-corrected chi connectivity index (χ4v) is 2.30. The van der Waals surface area contributed by atoms with Crippen LogP contribution in [0.4, 0.5) is 10.5 Å². The number of carbonyl (C=O) groups excluding carboxylic acids is 1. The normalized spacial score (nSPS) is 17.2. The summed E-state index contributed by atoms with van der Waals surface area (Å²) in [5.41, 5.74) is 0.674. The number of carbonyl (C=O) groups is 1. The second kappa shape index (κ2) is 8.72. The maximum Gasteiger partial charge on any atom is 0.319 e. The fourth-order valence-electron chi connectivity index (χ4n) is 2.30. The van der Waals surface area contributed by atoms with Gasteiger partial charge in [0.2, 0.25) is 0 Å². The molecule has 0 saturated carbocycles. The topological polar surface area (TPSA) is 80.7 Å². The molecule has 0 aliphatic carbocycles. The molecule has 1 aromatic rings. The van der Waals surface area contributed by atoms with Crippen LogP contribution in [0.15, 0.2) is 12.4 Å². The van der Waals surface area contributed by atoms with Gasteiger partial charge in [-0.3, -0.25) is 9.58 Å². The largest absolute Gasteiger partial charge is 0.383 e. The molecule has 1 fully saturated rings. The van der Waals surface area contributed by atoms with E-state index in [2.05, 4.69) is 27.6 Å². The summed E-state index contributed by atoms with van der Waals surface area (Å²) in [6.45, 7) is 7.30. The van der Waals surface area contributed by atoms with Gasteiger partial charge in [-0.1, -0.05) is 0 Å². The Balaban J connectivity index is 1.69. The van der Waals surface area contributed by atoms with Gasteiger partial charge in [-0.2, -0.15) is 5.10 Å². The van der Waals surface area contributed by atoms with E-state index >= 15 is 0 Å². The number of hydrogen-bond acceptors (Lipinski definition) is 5. The smallest absolute Gasteiger partial charge is 0.319 e. The van der Waals surface area contributed by atoms with Crippen molar-refractivity contribution in [2.24, 2.45) is 0 Å². The van der Waals surface area contributed by atoms with E-state index in [0.717, 1.165) is 26.3 Å². The number of urea groups is 1. The lowest BCUT2D eigenvalue weighted by molar-refractivity contribution is 0.0209. The second-order valence-corrected chi connectivity index (χ2v) is 5.32. The Labute approximate surface area is 130 Å². The van der Waals surface area contributed by atoms with E-state index in [1.54, 1.807) is 24.2 Å². The molecular weight excluding hydrogens is 286 g/mol. The predicted molar refractivity (Wildman–Crippen MR) is 83.0 cm³/mol. The van der Waals surface area contributed by atoms with Gasteiger partial charge in [-0.05, 0) is 6.92 Å². The van der Waals surface area contributed by atoms with Crippen LogP contribution in [0.3, 0.4) is 0 Å². The van der Waals surface area contributed by atoms with E-state index in [0.29, 0.717) is 31.4 Å². The number of morpholine rings is 1. The molecule has 1 saturated heterocycles. The third-order valence-electron chi connectivity index (χ3n) is 3.64. The molecule has 8 heteroatoms. The zero-order valence-electron chi connectivity index (χ0n) is 13.2. The fraction of sp³-hybridized carbons (Fsp3) is 0.714. The average molecular weight is 311 g/mol. The highest BCUT2D eigenvalue weighted by Crippen LogP contribution is 2.05. The van der Waals surface area contributed by atoms with Gasteiger partial charge in [0.1, 0.15) is 0 Å². The van der Waals surface area contributed by atoms with E-state index < -0.39 is 0 Å². The molecular formula is C14H25N5O3. The Morgan fingerprint density at radius 2 is 2.27 bits per heavy atom. The summed E-state index contributed by atoms with van der Waals surface area (Å²) in [4.78, 5) is 14.2. The van der Waals surface area contributed by atoms with Crippen LogP contribution in [-0.4, -0.2) is 73.3 Å². The quantitative estimate of drug-likeness (QED) is 0.760. The number of anilines is 1. The minimum atomic E-state index is -0.216. The molecule has 22 heavy (non-hydrogen) atoms. The highest BCUT2D eigenvalue weighted by Gasteiger charge is 2.17. The zero-order chi connectivity index (χ0) is 15.8. The van der Waals surface area contributed by atoms with Gasteiger partial charge in [0.15, 0.2) is 0 Å².